The zero-order valence-electron chi connectivity index (χ0n) is 22.6. The Morgan fingerprint density at radius 3 is 2.25 bits per heavy atom. The van der Waals surface area contributed by atoms with Crippen molar-refractivity contribution in [1.29, 1.82) is 0 Å². The van der Waals surface area contributed by atoms with E-state index in [2.05, 4.69) is 26.8 Å². The van der Waals surface area contributed by atoms with Crippen molar-refractivity contribution in [3.05, 3.63) is 96.1 Å². The lowest BCUT2D eigenvalue weighted by Crippen LogP contribution is -2.56. The zero-order chi connectivity index (χ0) is 27.7. The maximum atomic E-state index is 14.2. The lowest BCUT2D eigenvalue weighted by molar-refractivity contribution is -0.150. The Morgan fingerprint density at radius 2 is 1.55 bits per heavy atom. The molecule has 8 nitrogen and oxygen atoms in total. The minimum absolute atomic E-state index is 0.107. The van der Waals surface area contributed by atoms with E-state index in [-0.39, 0.29) is 12.6 Å². The van der Waals surface area contributed by atoms with Crippen molar-refractivity contribution >= 4 is 23.3 Å². The molecular formula is C32H36N4O4. The molecule has 1 amide bonds. The van der Waals surface area contributed by atoms with Gasteiger partial charge in [-0.1, -0.05) is 66.7 Å². The molecule has 3 aromatic rings. The highest BCUT2D eigenvalue weighted by Crippen LogP contribution is 2.42. The van der Waals surface area contributed by atoms with E-state index in [9.17, 15) is 19.8 Å². The summed E-state index contributed by atoms with van der Waals surface area (Å²) in [5.41, 5.74) is 3.08. The fourth-order valence-electron chi connectivity index (χ4n) is 6.76. The lowest BCUT2D eigenvalue weighted by atomic mass is 9.85. The molecule has 0 aromatic heterocycles. The van der Waals surface area contributed by atoms with Crippen molar-refractivity contribution in [1.82, 2.24) is 9.80 Å². The number of carboxylic acids is 1. The molecule has 2 fully saturated rings. The number of aliphatic hydroxyl groups is 1. The fraction of sp³-hybridized carbons (Fsp3) is 0.375. The van der Waals surface area contributed by atoms with Crippen LogP contribution < -0.4 is 9.80 Å². The summed E-state index contributed by atoms with van der Waals surface area (Å²) in [5.74, 6) is -1.13. The van der Waals surface area contributed by atoms with Crippen molar-refractivity contribution in [3.8, 4) is 0 Å². The molecule has 1 spiro atoms. The first kappa shape index (κ1) is 26.3. The molecule has 3 aromatic carbocycles. The van der Waals surface area contributed by atoms with Gasteiger partial charge < -0.3 is 29.8 Å². The monoisotopic (exact) mass is 540 g/mol. The van der Waals surface area contributed by atoms with Gasteiger partial charge in [0.1, 0.15) is 11.8 Å². The van der Waals surface area contributed by atoms with Crippen LogP contribution in [-0.4, -0.2) is 76.5 Å². The normalized spacial score (nSPS) is 21.2. The van der Waals surface area contributed by atoms with E-state index < -0.39 is 23.8 Å². The molecule has 0 radical (unpaired) electrons. The van der Waals surface area contributed by atoms with E-state index in [4.69, 9.17) is 0 Å². The molecule has 8 heteroatoms. The third-order valence-corrected chi connectivity index (χ3v) is 8.82. The molecule has 208 valence electrons. The molecule has 2 N–H and O–H groups in total. The van der Waals surface area contributed by atoms with E-state index in [0.29, 0.717) is 24.8 Å². The SMILES string of the molecule is O=C(O)[C@H](c1ccccc1)N1CN(c2ccccc2)C2(CCN(CCCN3c4ccccc4C[C@@H]3O)CC2)C1=O. The Kier molecular flexibility index (Phi) is 7.21. The number of benzene rings is 3. The Bertz CT molecular complexity index is 1340. The molecule has 0 aliphatic carbocycles. The minimum Gasteiger partial charge on any atom is -0.479 e. The second-order valence-corrected chi connectivity index (χ2v) is 11.1. The Morgan fingerprint density at radius 1 is 0.900 bits per heavy atom. The number of likely N-dealkylation sites (tertiary alicyclic amines) is 1. The maximum absolute atomic E-state index is 14.2. The number of aliphatic hydroxyl groups excluding tert-OH is 1. The van der Waals surface area contributed by atoms with Gasteiger partial charge in [-0.15, -0.1) is 0 Å². The largest absolute Gasteiger partial charge is 0.479 e. The quantitative estimate of drug-likeness (QED) is 0.450. The van der Waals surface area contributed by atoms with Gasteiger partial charge in [-0.25, -0.2) is 4.79 Å². The molecule has 40 heavy (non-hydrogen) atoms. The predicted molar refractivity (Wildman–Crippen MR) is 154 cm³/mol. The smallest absolute Gasteiger partial charge is 0.331 e. The lowest BCUT2D eigenvalue weighted by Gasteiger charge is -2.43. The standard InChI is InChI=1S/C32H36N4O4/c37-28-22-25-12-7-8-15-27(25)34(28)19-9-18-33-20-16-32(17-21-33)31(40)35(23-36(32)26-13-5-2-6-14-26)29(30(38)39)24-10-3-1-4-11-24/h1-8,10-15,28-29,37H,9,16-23H2,(H,38,39)/t28-,29-/m0/s1. The number of hydrogen-bond acceptors (Lipinski definition) is 6. The van der Waals surface area contributed by atoms with Crippen LogP contribution in [0.3, 0.4) is 0 Å². The van der Waals surface area contributed by atoms with Gasteiger partial charge in [0.05, 0.1) is 6.67 Å². The maximum Gasteiger partial charge on any atom is 0.331 e. The number of carbonyl (C=O) groups is 2. The zero-order valence-corrected chi connectivity index (χ0v) is 22.6. The van der Waals surface area contributed by atoms with Gasteiger partial charge in [-0.05, 0) is 55.1 Å². The van der Waals surface area contributed by atoms with Crippen LogP contribution in [0.4, 0.5) is 11.4 Å². The first-order valence-corrected chi connectivity index (χ1v) is 14.1. The number of rotatable bonds is 8. The van der Waals surface area contributed by atoms with Gasteiger partial charge in [0, 0.05) is 37.4 Å². The first-order chi connectivity index (χ1) is 19.5. The number of piperidine rings is 1. The molecule has 3 aliphatic rings. The second kappa shape index (κ2) is 10.9. The number of carboxylic acid groups (broad SMARTS) is 1. The summed E-state index contributed by atoms with van der Waals surface area (Å²) in [7, 11) is 0. The first-order valence-electron chi connectivity index (χ1n) is 14.1. The summed E-state index contributed by atoms with van der Waals surface area (Å²) >= 11 is 0. The van der Waals surface area contributed by atoms with E-state index in [1.807, 2.05) is 60.7 Å². The molecular weight excluding hydrogens is 504 g/mol. The molecule has 2 atom stereocenters. The molecule has 3 heterocycles. The van der Waals surface area contributed by atoms with E-state index >= 15 is 0 Å². The third kappa shape index (κ3) is 4.71. The average molecular weight is 541 g/mol. The molecule has 0 saturated carbocycles. The van der Waals surface area contributed by atoms with Crippen LogP contribution in [0, 0.1) is 0 Å². The molecule has 0 bridgehead atoms. The summed E-state index contributed by atoms with van der Waals surface area (Å²) in [6.07, 6.45) is 2.36. The van der Waals surface area contributed by atoms with Crippen molar-refractivity contribution in [2.24, 2.45) is 0 Å². The molecule has 6 rings (SSSR count). The van der Waals surface area contributed by atoms with E-state index in [1.165, 1.54) is 5.56 Å². The van der Waals surface area contributed by atoms with Crippen LogP contribution in [0.5, 0.6) is 0 Å². The van der Waals surface area contributed by atoms with Crippen molar-refractivity contribution in [3.63, 3.8) is 0 Å². The summed E-state index contributed by atoms with van der Waals surface area (Å²) in [5, 5.41) is 20.8. The highest BCUT2D eigenvalue weighted by Gasteiger charge is 2.56. The molecule has 2 saturated heterocycles. The van der Waals surface area contributed by atoms with Gasteiger partial charge in [0.2, 0.25) is 0 Å². The number of carbonyl (C=O) groups excluding carboxylic acids is 1. The van der Waals surface area contributed by atoms with Crippen molar-refractivity contribution in [2.75, 3.05) is 42.6 Å². The highest BCUT2D eigenvalue weighted by molar-refractivity contribution is 5.96. The number of fused-ring (bicyclic) bond motifs is 1. The number of anilines is 2. The van der Waals surface area contributed by atoms with Gasteiger partial charge in [-0.2, -0.15) is 0 Å². The fourth-order valence-corrected chi connectivity index (χ4v) is 6.76. The second-order valence-electron chi connectivity index (χ2n) is 11.1. The number of aliphatic carboxylic acids is 1. The molecule has 3 aliphatic heterocycles. The van der Waals surface area contributed by atoms with Crippen LogP contribution in [0.15, 0.2) is 84.9 Å². The minimum atomic E-state index is -1.04. The number of nitrogens with zero attached hydrogens (tertiary/aromatic N) is 4. The molecule has 0 unspecified atom stereocenters. The van der Waals surface area contributed by atoms with Crippen LogP contribution in [0.2, 0.25) is 0 Å². The van der Waals surface area contributed by atoms with E-state index in [0.717, 1.165) is 44.0 Å². The van der Waals surface area contributed by atoms with Gasteiger partial charge in [0.15, 0.2) is 6.04 Å². The van der Waals surface area contributed by atoms with Crippen LogP contribution in [0.25, 0.3) is 0 Å². The number of para-hydroxylation sites is 2. The van der Waals surface area contributed by atoms with Crippen LogP contribution in [-0.2, 0) is 16.0 Å². The third-order valence-electron chi connectivity index (χ3n) is 8.82. The van der Waals surface area contributed by atoms with Crippen molar-refractivity contribution in [2.45, 2.75) is 43.5 Å². The Hall–Kier alpha value is -3.88. The van der Waals surface area contributed by atoms with Gasteiger partial charge in [-0.3, -0.25) is 4.79 Å². The summed E-state index contributed by atoms with van der Waals surface area (Å²) in [6.45, 7) is 3.41. The Balaban J connectivity index is 1.17. The highest BCUT2D eigenvalue weighted by atomic mass is 16.4. The summed E-state index contributed by atoms with van der Waals surface area (Å²) in [4.78, 5) is 34.8. The topological polar surface area (TPSA) is 87.6 Å². The number of hydrogen-bond donors (Lipinski definition) is 2. The summed E-state index contributed by atoms with van der Waals surface area (Å²) < 4.78 is 0. The predicted octanol–water partition coefficient (Wildman–Crippen LogP) is 3.72. The van der Waals surface area contributed by atoms with Gasteiger partial charge >= 0.3 is 5.97 Å². The van der Waals surface area contributed by atoms with Crippen LogP contribution >= 0.6 is 0 Å². The van der Waals surface area contributed by atoms with Crippen LogP contribution in [0.1, 0.15) is 36.4 Å². The van der Waals surface area contributed by atoms with Crippen molar-refractivity contribution < 1.29 is 19.8 Å². The Labute approximate surface area is 235 Å². The van der Waals surface area contributed by atoms with E-state index in [1.54, 1.807) is 17.0 Å². The average Bonchev–Trinajstić information content (AvgIpc) is 3.44. The number of amides is 1. The summed E-state index contributed by atoms with van der Waals surface area (Å²) in [6, 6.07) is 26.1. The van der Waals surface area contributed by atoms with Gasteiger partial charge in [0.25, 0.3) is 5.91 Å².